The molecule has 4 fully saturated rings. The lowest BCUT2D eigenvalue weighted by molar-refractivity contribution is -0.170. The quantitative estimate of drug-likeness (QED) is 0.557. The van der Waals surface area contributed by atoms with Gasteiger partial charge in [0.1, 0.15) is 0 Å². The summed E-state index contributed by atoms with van der Waals surface area (Å²) in [4.78, 5) is 0. The SMILES string of the molecule is [O]C12CC3CC(CC(C3)N1)C2. The summed E-state index contributed by atoms with van der Waals surface area (Å²) >= 11 is 0. The van der Waals surface area contributed by atoms with Crippen LogP contribution in [0.2, 0.25) is 0 Å². The van der Waals surface area contributed by atoms with Gasteiger partial charge in [0.2, 0.25) is 0 Å². The fourth-order valence-electron chi connectivity index (χ4n) is 3.52. The number of hydrogen-bond acceptors (Lipinski definition) is 1. The zero-order valence-corrected chi connectivity index (χ0v) is 6.68. The molecule has 2 heterocycles. The van der Waals surface area contributed by atoms with Crippen LogP contribution in [-0.2, 0) is 5.11 Å². The van der Waals surface area contributed by atoms with Crippen LogP contribution < -0.4 is 5.32 Å². The Morgan fingerprint density at radius 3 is 2.18 bits per heavy atom. The molecule has 4 bridgehead atoms. The predicted molar refractivity (Wildman–Crippen MR) is 40.4 cm³/mol. The summed E-state index contributed by atoms with van der Waals surface area (Å²) in [5, 5.41) is 15.1. The van der Waals surface area contributed by atoms with Crippen LogP contribution in [0, 0.1) is 11.8 Å². The maximum atomic E-state index is 11.9. The first-order chi connectivity index (χ1) is 5.23. The van der Waals surface area contributed by atoms with Crippen molar-refractivity contribution >= 4 is 0 Å². The maximum absolute atomic E-state index is 11.9. The summed E-state index contributed by atoms with van der Waals surface area (Å²) in [7, 11) is 0. The van der Waals surface area contributed by atoms with E-state index in [1.54, 1.807) is 0 Å². The minimum Gasteiger partial charge on any atom is -0.284 e. The third-order valence-electron chi connectivity index (χ3n) is 3.61. The molecule has 2 saturated carbocycles. The second-order valence-corrected chi connectivity index (χ2v) is 4.68. The lowest BCUT2D eigenvalue weighted by Gasteiger charge is -2.53. The van der Waals surface area contributed by atoms with Crippen molar-refractivity contribution in [3.05, 3.63) is 0 Å². The van der Waals surface area contributed by atoms with Crippen molar-refractivity contribution in [1.82, 2.24) is 5.32 Å². The first-order valence-corrected chi connectivity index (χ1v) is 4.72. The normalized spacial score (nSPS) is 60.3. The first kappa shape index (κ1) is 6.44. The summed E-state index contributed by atoms with van der Waals surface area (Å²) in [6.07, 6.45) is 5.71. The Morgan fingerprint density at radius 2 is 1.73 bits per heavy atom. The lowest BCUT2D eigenvalue weighted by atomic mass is 9.63. The third-order valence-corrected chi connectivity index (χ3v) is 3.61. The van der Waals surface area contributed by atoms with Gasteiger partial charge in [-0.25, -0.2) is 5.11 Å². The average Bonchev–Trinajstić information content (AvgIpc) is 1.79. The standard InChI is InChI=1S/C9H14NO/c11-9-4-6-1-7(5-9)3-8(2-6)10-9/h6-8,10H,1-5H2. The van der Waals surface area contributed by atoms with Gasteiger partial charge in [-0.05, 0) is 43.9 Å². The molecular formula is C9H14NO. The van der Waals surface area contributed by atoms with Gasteiger partial charge in [0.25, 0.3) is 0 Å². The molecule has 2 heteroatoms. The smallest absolute Gasteiger partial charge is 0.155 e. The van der Waals surface area contributed by atoms with E-state index >= 15 is 0 Å². The van der Waals surface area contributed by atoms with E-state index in [9.17, 15) is 5.11 Å². The summed E-state index contributed by atoms with van der Waals surface area (Å²) in [5.74, 6) is 1.54. The minimum atomic E-state index is -0.700. The highest BCUT2D eigenvalue weighted by atomic mass is 16.3. The molecule has 2 nitrogen and oxygen atoms in total. The Balaban J connectivity index is 1.94. The van der Waals surface area contributed by atoms with Crippen molar-refractivity contribution < 1.29 is 5.11 Å². The fraction of sp³-hybridized carbons (Fsp3) is 1.00. The van der Waals surface area contributed by atoms with Gasteiger partial charge < -0.3 is 0 Å². The molecule has 0 aromatic carbocycles. The van der Waals surface area contributed by atoms with Gasteiger partial charge in [0.15, 0.2) is 5.72 Å². The highest BCUT2D eigenvalue weighted by Gasteiger charge is 2.50. The second kappa shape index (κ2) is 1.80. The molecule has 61 valence electrons. The van der Waals surface area contributed by atoms with Crippen LogP contribution in [0.25, 0.3) is 0 Å². The van der Waals surface area contributed by atoms with E-state index in [0.717, 1.165) is 24.7 Å². The van der Waals surface area contributed by atoms with Gasteiger partial charge in [0, 0.05) is 6.04 Å². The van der Waals surface area contributed by atoms with Gasteiger partial charge in [-0.15, -0.1) is 0 Å². The van der Waals surface area contributed by atoms with E-state index in [1.165, 1.54) is 19.3 Å². The molecule has 11 heavy (non-hydrogen) atoms. The van der Waals surface area contributed by atoms with E-state index in [-0.39, 0.29) is 0 Å². The van der Waals surface area contributed by atoms with Crippen molar-refractivity contribution in [2.45, 2.75) is 43.9 Å². The molecule has 4 aliphatic rings. The third kappa shape index (κ3) is 0.859. The van der Waals surface area contributed by atoms with Gasteiger partial charge in [-0.3, -0.25) is 5.32 Å². The van der Waals surface area contributed by atoms with Gasteiger partial charge in [-0.1, -0.05) is 0 Å². The lowest BCUT2D eigenvalue weighted by Crippen LogP contribution is -2.63. The average molecular weight is 152 g/mol. The summed E-state index contributed by atoms with van der Waals surface area (Å²) in [5.41, 5.74) is -0.700. The van der Waals surface area contributed by atoms with E-state index in [2.05, 4.69) is 5.32 Å². The van der Waals surface area contributed by atoms with Crippen LogP contribution in [0.5, 0.6) is 0 Å². The fourth-order valence-corrected chi connectivity index (χ4v) is 3.52. The summed E-state index contributed by atoms with van der Waals surface area (Å²) < 4.78 is 0. The van der Waals surface area contributed by atoms with Crippen LogP contribution >= 0.6 is 0 Å². The Hall–Kier alpha value is -0.0800. The van der Waals surface area contributed by atoms with Crippen molar-refractivity contribution in [2.75, 3.05) is 0 Å². The zero-order valence-electron chi connectivity index (χ0n) is 6.68. The topological polar surface area (TPSA) is 31.9 Å². The molecule has 2 aliphatic heterocycles. The van der Waals surface area contributed by atoms with Crippen molar-refractivity contribution in [3.63, 3.8) is 0 Å². The number of rotatable bonds is 0. The van der Waals surface area contributed by atoms with Crippen LogP contribution in [0.3, 0.4) is 0 Å². The largest absolute Gasteiger partial charge is 0.284 e. The summed E-state index contributed by atoms with van der Waals surface area (Å²) in [6.45, 7) is 0. The van der Waals surface area contributed by atoms with Gasteiger partial charge in [-0.2, -0.15) is 0 Å². The molecule has 2 aliphatic carbocycles. The molecule has 0 spiro atoms. The molecular weight excluding hydrogens is 138 g/mol. The van der Waals surface area contributed by atoms with Crippen LogP contribution in [0.1, 0.15) is 32.1 Å². The van der Waals surface area contributed by atoms with Crippen LogP contribution in [0.15, 0.2) is 0 Å². The van der Waals surface area contributed by atoms with Crippen molar-refractivity contribution in [2.24, 2.45) is 11.8 Å². The van der Waals surface area contributed by atoms with E-state index < -0.39 is 5.72 Å². The maximum Gasteiger partial charge on any atom is 0.155 e. The number of hydrogen-bond donors (Lipinski definition) is 1. The summed E-state index contributed by atoms with van der Waals surface area (Å²) in [6, 6.07) is 0.582. The number of nitrogens with one attached hydrogen (secondary N) is 1. The Kier molecular flexibility index (Phi) is 1.06. The van der Waals surface area contributed by atoms with Crippen molar-refractivity contribution in [3.8, 4) is 0 Å². The molecule has 2 saturated heterocycles. The molecule has 2 atom stereocenters. The van der Waals surface area contributed by atoms with Gasteiger partial charge >= 0.3 is 0 Å². The molecule has 0 aromatic heterocycles. The highest BCUT2D eigenvalue weighted by molar-refractivity contribution is 5.02. The van der Waals surface area contributed by atoms with E-state index in [1.807, 2.05) is 0 Å². The zero-order chi connectivity index (χ0) is 7.47. The Labute approximate surface area is 67.0 Å². The Morgan fingerprint density at radius 1 is 1.09 bits per heavy atom. The monoisotopic (exact) mass is 152 g/mol. The van der Waals surface area contributed by atoms with E-state index in [4.69, 9.17) is 0 Å². The Bertz CT molecular complexity index is 155. The van der Waals surface area contributed by atoms with Gasteiger partial charge in [0.05, 0.1) is 0 Å². The minimum absolute atomic E-state index is 0.582. The molecule has 0 amide bonds. The molecule has 2 unspecified atom stereocenters. The van der Waals surface area contributed by atoms with E-state index in [0.29, 0.717) is 6.04 Å². The van der Waals surface area contributed by atoms with Crippen molar-refractivity contribution in [1.29, 1.82) is 0 Å². The first-order valence-electron chi connectivity index (χ1n) is 4.72. The molecule has 1 N–H and O–H groups in total. The molecule has 4 rings (SSSR count). The van der Waals surface area contributed by atoms with Crippen LogP contribution in [0.4, 0.5) is 0 Å². The molecule has 0 aromatic rings. The number of piperidine rings is 2. The molecule has 1 radical (unpaired) electrons. The predicted octanol–water partition coefficient (Wildman–Crippen LogP) is 1.30. The second-order valence-electron chi connectivity index (χ2n) is 4.68. The highest BCUT2D eigenvalue weighted by Crippen LogP contribution is 2.48. The van der Waals surface area contributed by atoms with Crippen LogP contribution in [-0.4, -0.2) is 11.8 Å².